The molecule has 7 nitrogen and oxygen atoms in total. The summed E-state index contributed by atoms with van der Waals surface area (Å²) in [6.07, 6.45) is 3.33. The Hall–Kier alpha value is -3.08. The number of fused-ring (bicyclic) bond motifs is 3. The molecule has 1 aromatic heterocycles. The Labute approximate surface area is 252 Å². The number of carbonyl (C=O) groups is 1. The van der Waals surface area contributed by atoms with Crippen molar-refractivity contribution >= 4 is 16.9 Å². The van der Waals surface area contributed by atoms with Crippen LogP contribution in [0.5, 0.6) is 5.75 Å². The van der Waals surface area contributed by atoms with Crippen molar-refractivity contribution < 1.29 is 32.2 Å². The van der Waals surface area contributed by atoms with Crippen LogP contribution >= 0.6 is 0 Å². The number of aromatic nitrogens is 1. The predicted octanol–water partition coefficient (Wildman–Crippen LogP) is 6.25. The number of esters is 1. The van der Waals surface area contributed by atoms with Crippen LogP contribution < -0.4 is 10.1 Å². The van der Waals surface area contributed by atoms with Gasteiger partial charge in [-0.05, 0) is 71.6 Å². The first-order valence-electron chi connectivity index (χ1n) is 15.2. The minimum Gasteiger partial charge on any atom is -0.492 e. The summed E-state index contributed by atoms with van der Waals surface area (Å²) in [5.41, 5.74) is 0.930. The summed E-state index contributed by atoms with van der Waals surface area (Å²) in [6.45, 7) is 9.07. The topological polar surface area (TPSA) is 75.8 Å². The minimum atomic E-state index is -1.56. The van der Waals surface area contributed by atoms with E-state index in [4.69, 9.17) is 14.2 Å². The molecule has 0 radical (unpaired) electrons. The van der Waals surface area contributed by atoms with Crippen LogP contribution in [-0.2, 0) is 20.7 Å². The molecular formula is C33H44F3N3O4. The Balaban J connectivity index is 1.35. The first-order chi connectivity index (χ1) is 20.6. The van der Waals surface area contributed by atoms with Crippen molar-refractivity contribution in [2.45, 2.75) is 71.1 Å². The zero-order valence-corrected chi connectivity index (χ0v) is 25.6. The summed E-state index contributed by atoms with van der Waals surface area (Å²) in [5, 5.41) is 4.27. The molecule has 2 atom stereocenters. The number of H-pyrrole nitrogens is 1. The number of carbonyl (C=O) groups excluding carboxylic acids is 1. The van der Waals surface area contributed by atoms with Gasteiger partial charge >= 0.3 is 5.97 Å². The summed E-state index contributed by atoms with van der Waals surface area (Å²) in [7, 11) is 0. The highest BCUT2D eigenvalue weighted by Gasteiger charge is 2.41. The Morgan fingerprint density at radius 1 is 1.09 bits per heavy atom. The predicted molar refractivity (Wildman–Crippen MR) is 161 cm³/mol. The van der Waals surface area contributed by atoms with E-state index in [1.54, 1.807) is 6.92 Å². The summed E-state index contributed by atoms with van der Waals surface area (Å²) in [4.78, 5) is 16.5. The van der Waals surface area contributed by atoms with Crippen molar-refractivity contribution in [2.75, 3.05) is 46.1 Å². The first kappa shape index (κ1) is 32.8. The van der Waals surface area contributed by atoms with Crippen molar-refractivity contribution in [2.24, 2.45) is 0 Å². The molecule has 1 aliphatic heterocycles. The van der Waals surface area contributed by atoms with Crippen molar-refractivity contribution in [3.05, 3.63) is 64.9 Å². The van der Waals surface area contributed by atoms with Crippen molar-refractivity contribution in [1.82, 2.24) is 15.2 Å². The first-order valence-corrected chi connectivity index (χ1v) is 15.2. The zero-order valence-electron chi connectivity index (χ0n) is 25.6. The third-order valence-corrected chi connectivity index (χ3v) is 7.62. The third-order valence-electron chi connectivity index (χ3n) is 7.62. The molecule has 0 fully saturated rings. The van der Waals surface area contributed by atoms with Crippen LogP contribution in [0.1, 0.15) is 69.8 Å². The lowest BCUT2D eigenvalue weighted by Gasteiger charge is -2.43. The molecule has 2 heterocycles. The van der Waals surface area contributed by atoms with Gasteiger partial charge in [-0.2, -0.15) is 0 Å². The molecular weight excluding hydrogens is 559 g/mol. The number of nitrogens with one attached hydrogen (secondary N) is 2. The monoisotopic (exact) mass is 603 g/mol. The molecule has 10 heteroatoms. The molecule has 236 valence electrons. The fourth-order valence-corrected chi connectivity index (χ4v) is 5.76. The van der Waals surface area contributed by atoms with Gasteiger partial charge in [-0.1, -0.05) is 18.2 Å². The quantitative estimate of drug-likeness (QED) is 0.149. The van der Waals surface area contributed by atoms with Crippen LogP contribution in [0, 0.1) is 11.6 Å². The number of hydrogen-bond acceptors (Lipinski definition) is 6. The van der Waals surface area contributed by atoms with Gasteiger partial charge in [0.2, 0.25) is 0 Å². The molecule has 2 N–H and O–H groups in total. The van der Waals surface area contributed by atoms with E-state index in [9.17, 15) is 9.18 Å². The van der Waals surface area contributed by atoms with Gasteiger partial charge in [0.1, 0.15) is 36.3 Å². The van der Waals surface area contributed by atoms with Crippen LogP contribution in [-0.4, -0.2) is 73.6 Å². The number of halogens is 3. The van der Waals surface area contributed by atoms with Crippen molar-refractivity contribution in [3.8, 4) is 5.75 Å². The van der Waals surface area contributed by atoms with Crippen LogP contribution in [0.4, 0.5) is 13.2 Å². The van der Waals surface area contributed by atoms with E-state index in [0.717, 1.165) is 42.3 Å². The van der Waals surface area contributed by atoms with E-state index in [1.807, 2.05) is 36.1 Å². The summed E-state index contributed by atoms with van der Waals surface area (Å²) >= 11 is 0. The molecule has 3 aromatic rings. The zero-order chi connectivity index (χ0) is 31.0. The number of alkyl halides is 1. The summed E-state index contributed by atoms with van der Waals surface area (Å²) in [6, 6.07) is 9.30. The molecule has 0 amide bonds. The Morgan fingerprint density at radius 3 is 2.56 bits per heavy atom. The van der Waals surface area contributed by atoms with E-state index < -0.39 is 23.3 Å². The molecule has 0 aliphatic carbocycles. The summed E-state index contributed by atoms with van der Waals surface area (Å²) < 4.78 is 62.2. The molecule has 0 saturated carbocycles. The van der Waals surface area contributed by atoms with E-state index in [2.05, 4.69) is 10.3 Å². The number of ether oxygens (including phenoxy) is 3. The second-order valence-electron chi connectivity index (χ2n) is 11.7. The van der Waals surface area contributed by atoms with Crippen molar-refractivity contribution in [3.63, 3.8) is 0 Å². The SMILES string of the molecule is CCOC(=O)COCCCCCNCCOc1cc(F)c([C@@H]2c3[nH]c4ccccc4c3C[C@@H](C)N2CC(C)(C)F)c(F)c1. The van der Waals surface area contributed by atoms with Gasteiger partial charge in [0.05, 0.1) is 12.6 Å². The number of aromatic amines is 1. The molecule has 0 spiro atoms. The molecule has 1 aliphatic rings. The molecule has 0 saturated heterocycles. The van der Waals surface area contributed by atoms with Gasteiger partial charge in [0.25, 0.3) is 0 Å². The number of rotatable bonds is 16. The van der Waals surface area contributed by atoms with Gasteiger partial charge in [0, 0.05) is 60.0 Å². The van der Waals surface area contributed by atoms with Gasteiger partial charge in [-0.25, -0.2) is 18.0 Å². The van der Waals surface area contributed by atoms with E-state index >= 15 is 8.78 Å². The largest absolute Gasteiger partial charge is 0.492 e. The highest BCUT2D eigenvalue weighted by atomic mass is 19.1. The van der Waals surface area contributed by atoms with E-state index in [-0.39, 0.29) is 43.1 Å². The fraction of sp³-hybridized carbons (Fsp3) is 0.545. The Bertz CT molecular complexity index is 1330. The van der Waals surface area contributed by atoms with E-state index in [0.29, 0.717) is 31.9 Å². The van der Waals surface area contributed by atoms with Crippen LogP contribution in [0.25, 0.3) is 10.9 Å². The molecule has 0 unspecified atom stereocenters. The van der Waals surface area contributed by atoms with Crippen molar-refractivity contribution in [1.29, 1.82) is 0 Å². The molecule has 2 aromatic carbocycles. The fourth-order valence-electron chi connectivity index (χ4n) is 5.76. The maximum atomic E-state index is 15.8. The lowest BCUT2D eigenvalue weighted by Crippen LogP contribution is -2.48. The average molecular weight is 604 g/mol. The highest BCUT2D eigenvalue weighted by Crippen LogP contribution is 2.43. The second-order valence-corrected chi connectivity index (χ2v) is 11.7. The molecule has 0 bridgehead atoms. The normalized spacial score (nSPS) is 17.3. The second kappa shape index (κ2) is 15.1. The lowest BCUT2D eigenvalue weighted by molar-refractivity contribution is -0.148. The molecule has 43 heavy (non-hydrogen) atoms. The van der Waals surface area contributed by atoms with Gasteiger partial charge in [-0.15, -0.1) is 0 Å². The van der Waals surface area contributed by atoms with Gasteiger partial charge in [-0.3, -0.25) is 4.90 Å². The minimum absolute atomic E-state index is 0.0243. The lowest BCUT2D eigenvalue weighted by atomic mass is 9.87. The maximum absolute atomic E-state index is 15.8. The summed E-state index contributed by atoms with van der Waals surface area (Å²) in [5.74, 6) is -1.69. The number of nitrogens with zero attached hydrogens (tertiary/aromatic N) is 1. The maximum Gasteiger partial charge on any atom is 0.332 e. The third kappa shape index (κ3) is 8.74. The number of hydrogen-bond donors (Lipinski definition) is 2. The van der Waals surface area contributed by atoms with Crippen LogP contribution in [0.2, 0.25) is 0 Å². The van der Waals surface area contributed by atoms with Crippen LogP contribution in [0.15, 0.2) is 36.4 Å². The van der Waals surface area contributed by atoms with Gasteiger partial charge < -0.3 is 24.5 Å². The van der Waals surface area contributed by atoms with Crippen LogP contribution in [0.3, 0.4) is 0 Å². The number of unbranched alkanes of at least 4 members (excludes halogenated alkanes) is 2. The Morgan fingerprint density at radius 2 is 1.84 bits per heavy atom. The number of para-hydroxylation sites is 1. The van der Waals surface area contributed by atoms with Gasteiger partial charge in [0.15, 0.2) is 0 Å². The van der Waals surface area contributed by atoms with E-state index in [1.165, 1.54) is 26.0 Å². The average Bonchev–Trinajstić information content (AvgIpc) is 3.30. The molecule has 4 rings (SSSR count). The highest BCUT2D eigenvalue weighted by molar-refractivity contribution is 5.85. The number of benzene rings is 2. The Kier molecular flexibility index (Phi) is 11.5. The standard InChI is InChI=1S/C33H44F3N3O4/c1-5-42-29(40)20-41-15-10-6-9-13-37-14-16-43-23-18-26(34)30(27(35)19-23)32-31-25(24-11-7-8-12-28(24)38-31)17-22(2)39(32)21-33(3,4)36/h7-8,11-12,18-19,22,32,37-38H,5-6,9-10,13-17,20-21H2,1-4H3/t22-,32-/m1/s1. The smallest absolute Gasteiger partial charge is 0.332 e.